The molecular formula is C22H24N6O. The normalized spacial score (nSPS) is 15.1. The summed E-state index contributed by atoms with van der Waals surface area (Å²) < 4.78 is 3.66. The fourth-order valence-corrected chi connectivity index (χ4v) is 3.81. The van der Waals surface area contributed by atoms with Gasteiger partial charge in [0, 0.05) is 52.2 Å². The van der Waals surface area contributed by atoms with E-state index in [1.807, 2.05) is 65.3 Å². The van der Waals surface area contributed by atoms with E-state index in [1.165, 1.54) is 5.56 Å². The molecule has 1 fully saturated rings. The van der Waals surface area contributed by atoms with Gasteiger partial charge in [0.1, 0.15) is 11.4 Å². The van der Waals surface area contributed by atoms with E-state index < -0.39 is 0 Å². The topological polar surface area (TPSA) is 70.1 Å². The van der Waals surface area contributed by atoms with Crippen molar-refractivity contribution in [2.75, 3.05) is 26.2 Å². The van der Waals surface area contributed by atoms with Crippen LogP contribution in [0.4, 0.5) is 0 Å². The Morgan fingerprint density at radius 1 is 1.10 bits per heavy atom. The standard InChI is InChI=1S/C22H24N6O/c1-25-21(27-10-2-3-11-27)20(16-24-25)22(29)28-12-4-9-26(13-14-28)17-19-7-5-18(15-23)6-8-19/h2-3,5-8,10-11,16H,4,9,12-14,17H2,1H3. The molecule has 0 radical (unpaired) electrons. The SMILES string of the molecule is Cn1ncc(C(=O)N2CCCN(Cc3ccc(C#N)cc3)CC2)c1-n1cccc1. The quantitative estimate of drug-likeness (QED) is 0.688. The molecule has 1 aromatic carbocycles. The highest BCUT2D eigenvalue weighted by Gasteiger charge is 2.25. The van der Waals surface area contributed by atoms with Crippen molar-refractivity contribution in [2.45, 2.75) is 13.0 Å². The Labute approximate surface area is 170 Å². The summed E-state index contributed by atoms with van der Waals surface area (Å²) in [6.07, 6.45) is 6.45. The third-order valence-corrected chi connectivity index (χ3v) is 5.35. The van der Waals surface area contributed by atoms with E-state index >= 15 is 0 Å². The van der Waals surface area contributed by atoms with Crippen molar-refractivity contribution in [1.29, 1.82) is 5.26 Å². The second-order valence-electron chi connectivity index (χ2n) is 7.33. The minimum Gasteiger partial charge on any atom is -0.337 e. The van der Waals surface area contributed by atoms with Crippen LogP contribution in [0.5, 0.6) is 0 Å². The second kappa shape index (κ2) is 8.33. The molecule has 7 heteroatoms. The maximum Gasteiger partial charge on any atom is 0.259 e. The van der Waals surface area contributed by atoms with Crippen LogP contribution >= 0.6 is 0 Å². The maximum atomic E-state index is 13.2. The van der Waals surface area contributed by atoms with Crippen molar-refractivity contribution in [3.05, 3.63) is 71.7 Å². The van der Waals surface area contributed by atoms with Gasteiger partial charge >= 0.3 is 0 Å². The summed E-state index contributed by atoms with van der Waals surface area (Å²) in [7, 11) is 1.86. The van der Waals surface area contributed by atoms with Crippen molar-refractivity contribution >= 4 is 5.91 Å². The average molecular weight is 388 g/mol. The first-order valence-corrected chi connectivity index (χ1v) is 9.82. The van der Waals surface area contributed by atoms with E-state index in [0.717, 1.165) is 38.4 Å². The Morgan fingerprint density at radius 2 is 1.86 bits per heavy atom. The van der Waals surface area contributed by atoms with E-state index in [0.29, 0.717) is 17.7 Å². The third-order valence-electron chi connectivity index (χ3n) is 5.35. The Kier molecular flexibility index (Phi) is 5.45. The molecule has 148 valence electrons. The monoisotopic (exact) mass is 388 g/mol. The predicted octanol–water partition coefficient (Wildman–Crippen LogP) is 2.43. The van der Waals surface area contributed by atoms with E-state index in [2.05, 4.69) is 16.1 Å². The number of carbonyl (C=O) groups excluding carboxylic acids is 1. The van der Waals surface area contributed by atoms with Gasteiger partial charge in [0.25, 0.3) is 5.91 Å². The molecule has 0 saturated carbocycles. The average Bonchev–Trinajstić information content (AvgIpc) is 3.33. The van der Waals surface area contributed by atoms with Gasteiger partial charge in [-0.15, -0.1) is 0 Å². The van der Waals surface area contributed by atoms with Gasteiger partial charge in [-0.2, -0.15) is 10.4 Å². The minimum absolute atomic E-state index is 0.0297. The van der Waals surface area contributed by atoms with Gasteiger partial charge in [0.2, 0.25) is 0 Å². The zero-order chi connectivity index (χ0) is 20.2. The Balaban J connectivity index is 1.44. The number of carbonyl (C=O) groups is 1. The lowest BCUT2D eigenvalue weighted by atomic mass is 10.1. The largest absolute Gasteiger partial charge is 0.337 e. The molecule has 1 aliphatic heterocycles. The molecule has 1 amide bonds. The number of nitrogens with zero attached hydrogens (tertiary/aromatic N) is 6. The lowest BCUT2D eigenvalue weighted by molar-refractivity contribution is 0.0761. The van der Waals surface area contributed by atoms with Gasteiger partial charge < -0.3 is 9.47 Å². The first-order chi connectivity index (χ1) is 14.2. The Hall–Kier alpha value is -3.37. The van der Waals surface area contributed by atoms with E-state index in [1.54, 1.807) is 10.9 Å². The fraction of sp³-hybridized carbons (Fsp3) is 0.318. The van der Waals surface area contributed by atoms with Crippen molar-refractivity contribution in [2.24, 2.45) is 7.05 Å². The molecule has 1 saturated heterocycles. The fourth-order valence-electron chi connectivity index (χ4n) is 3.81. The van der Waals surface area contributed by atoms with Crippen molar-refractivity contribution < 1.29 is 4.79 Å². The van der Waals surface area contributed by atoms with Crippen molar-refractivity contribution in [1.82, 2.24) is 24.1 Å². The lowest BCUT2D eigenvalue weighted by Crippen LogP contribution is -2.35. The first-order valence-electron chi connectivity index (χ1n) is 9.82. The van der Waals surface area contributed by atoms with Gasteiger partial charge in [-0.3, -0.25) is 14.4 Å². The van der Waals surface area contributed by atoms with Gasteiger partial charge in [0.05, 0.1) is 17.8 Å². The van der Waals surface area contributed by atoms with Crippen LogP contribution in [0.3, 0.4) is 0 Å². The van der Waals surface area contributed by atoms with Gasteiger partial charge in [-0.1, -0.05) is 12.1 Å². The van der Waals surface area contributed by atoms with Crippen LogP contribution in [-0.4, -0.2) is 56.2 Å². The summed E-state index contributed by atoms with van der Waals surface area (Å²) >= 11 is 0. The van der Waals surface area contributed by atoms with Crippen LogP contribution in [0.15, 0.2) is 55.0 Å². The molecule has 3 aromatic rings. The number of hydrogen-bond donors (Lipinski definition) is 0. The van der Waals surface area contributed by atoms with Gasteiger partial charge in [-0.05, 0) is 36.2 Å². The van der Waals surface area contributed by atoms with Crippen LogP contribution in [-0.2, 0) is 13.6 Å². The molecule has 0 spiro atoms. The molecule has 4 rings (SSSR count). The van der Waals surface area contributed by atoms with Crippen LogP contribution < -0.4 is 0 Å². The highest BCUT2D eigenvalue weighted by Crippen LogP contribution is 2.18. The maximum absolute atomic E-state index is 13.2. The first kappa shape index (κ1) is 19.0. The summed E-state index contributed by atoms with van der Waals surface area (Å²) in [6.45, 7) is 4.03. The zero-order valence-corrected chi connectivity index (χ0v) is 16.5. The number of hydrogen-bond acceptors (Lipinski definition) is 4. The summed E-state index contributed by atoms with van der Waals surface area (Å²) in [5.41, 5.74) is 2.49. The number of benzene rings is 1. The number of nitriles is 1. The molecule has 7 nitrogen and oxygen atoms in total. The molecule has 0 atom stereocenters. The number of amides is 1. The van der Waals surface area contributed by atoms with Crippen molar-refractivity contribution in [3.8, 4) is 11.9 Å². The van der Waals surface area contributed by atoms with Crippen LogP contribution in [0, 0.1) is 11.3 Å². The molecule has 0 bridgehead atoms. The molecule has 2 aromatic heterocycles. The number of aromatic nitrogens is 3. The summed E-state index contributed by atoms with van der Waals surface area (Å²) in [5.74, 6) is 0.820. The van der Waals surface area contributed by atoms with Gasteiger partial charge in [-0.25, -0.2) is 0 Å². The van der Waals surface area contributed by atoms with E-state index in [4.69, 9.17) is 5.26 Å². The summed E-state index contributed by atoms with van der Waals surface area (Å²) in [4.78, 5) is 17.5. The number of rotatable bonds is 4. The molecule has 0 N–H and O–H groups in total. The summed E-state index contributed by atoms with van der Waals surface area (Å²) in [5, 5.41) is 13.3. The summed E-state index contributed by atoms with van der Waals surface area (Å²) in [6, 6.07) is 13.8. The minimum atomic E-state index is 0.0297. The Morgan fingerprint density at radius 3 is 2.59 bits per heavy atom. The highest BCUT2D eigenvalue weighted by molar-refractivity contribution is 5.97. The molecular weight excluding hydrogens is 364 g/mol. The second-order valence-corrected chi connectivity index (χ2v) is 7.33. The van der Waals surface area contributed by atoms with Crippen LogP contribution in [0.2, 0.25) is 0 Å². The zero-order valence-electron chi connectivity index (χ0n) is 16.5. The third kappa shape index (κ3) is 4.08. The van der Waals surface area contributed by atoms with Crippen molar-refractivity contribution in [3.63, 3.8) is 0 Å². The Bertz CT molecular complexity index is 1010. The lowest BCUT2D eigenvalue weighted by Gasteiger charge is -2.22. The smallest absolute Gasteiger partial charge is 0.259 e. The van der Waals surface area contributed by atoms with Crippen LogP contribution in [0.1, 0.15) is 27.9 Å². The molecule has 0 aliphatic carbocycles. The molecule has 3 heterocycles. The highest BCUT2D eigenvalue weighted by atomic mass is 16.2. The molecule has 29 heavy (non-hydrogen) atoms. The van der Waals surface area contributed by atoms with Crippen LogP contribution in [0.25, 0.3) is 5.82 Å². The molecule has 0 unspecified atom stereocenters. The van der Waals surface area contributed by atoms with E-state index in [-0.39, 0.29) is 5.91 Å². The number of aryl methyl sites for hydroxylation is 1. The predicted molar refractivity (Wildman–Crippen MR) is 109 cm³/mol. The van der Waals surface area contributed by atoms with E-state index in [9.17, 15) is 4.79 Å². The van der Waals surface area contributed by atoms with Gasteiger partial charge in [0.15, 0.2) is 0 Å². The molecule has 1 aliphatic rings.